The summed E-state index contributed by atoms with van der Waals surface area (Å²) in [5.41, 5.74) is 4.30. The lowest BCUT2D eigenvalue weighted by molar-refractivity contribution is -0.156. The van der Waals surface area contributed by atoms with Gasteiger partial charge in [-0.25, -0.2) is 0 Å². The van der Waals surface area contributed by atoms with E-state index in [2.05, 4.69) is 34.6 Å². The van der Waals surface area contributed by atoms with Crippen molar-refractivity contribution in [2.24, 2.45) is 16.9 Å². The highest BCUT2D eigenvalue weighted by atomic mass is 16.2. The van der Waals surface area contributed by atoms with Gasteiger partial charge in [0.05, 0.1) is 12.0 Å². The summed E-state index contributed by atoms with van der Waals surface area (Å²) < 4.78 is 0. The maximum Gasteiger partial charge on any atom is 0.230 e. The molecule has 1 aromatic carbocycles. The number of nitrogens with zero attached hydrogens (tertiary/aromatic N) is 3. The molecule has 2 amide bonds. The summed E-state index contributed by atoms with van der Waals surface area (Å²) in [5.74, 6) is 1.63. The van der Waals surface area contributed by atoms with Gasteiger partial charge in [-0.2, -0.15) is 5.10 Å². The van der Waals surface area contributed by atoms with E-state index in [4.69, 9.17) is 0 Å². The molecule has 1 saturated heterocycles. The Labute approximate surface area is 185 Å². The van der Waals surface area contributed by atoms with Gasteiger partial charge in [0.2, 0.25) is 11.8 Å². The second kappa shape index (κ2) is 9.28. The Morgan fingerprint density at radius 3 is 2.68 bits per heavy atom. The molecule has 31 heavy (non-hydrogen) atoms. The van der Waals surface area contributed by atoms with Crippen molar-refractivity contribution < 1.29 is 9.59 Å². The van der Waals surface area contributed by atoms with Crippen LogP contribution in [-0.4, -0.2) is 46.3 Å². The minimum atomic E-state index is -0.212. The van der Waals surface area contributed by atoms with Gasteiger partial charge in [0.1, 0.15) is 5.84 Å². The smallest absolute Gasteiger partial charge is 0.230 e. The van der Waals surface area contributed by atoms with Gasteiger partial charge < -0.3 is 15.1 Å². The molecular formula is C24H35N5O2. The van der Waals surface area contributed by atoms with Crippen molar-refractivity contribution in [1.29, 1.82) is 0 Å². The Hall–Kier alpha value is -2.57. The van der Waals surface area contributed by atoms with Crippen molar-refractivity contribution >= 4 is 17.6 Å². The van der Waals surface area contributed by atoms with Gasteiger partial charge in [-0.1, -0.05) is 57.0 Å². The van der Waals surface area contributed by atoms with Gasteiger partial charge in [0.15, 0.2) is 6.29 Å². The second-order valence-electron chi connectivity index (χ2n) is 9.48. The van der Waals surface area contributed by atoms with E-state index in [1.165, 1.54) is 0 Å². The molecule has 1 aromatic rings. The summed E-state index contributed by atoms with van der Waals surface area (Å²) >= 11 is 0. The van der Waals surface area contributed by atoms with Crippen LogP contribution in [0.25, 0.3) is 0 Å². The zero-order chi connectivity index (χ0) is 22.0. The molecule has 1 saturated carbocycles. The van der Waals surface area contributed by atoms with Crippen LogP contribution in [0.15, 0.2) is 35.4 Å². The van der Waals surface area contributed by atoms with Crippen molar-refractivity contribution in [3.63, 3.8) is 0 Å². The van der Waals surface area contributed by atoms with Gasteiger partial charge in [-0.15, -0.1) is 0 Å². The number of carbonyl (C=O) groups excluding carboxylic acids is 2. The fourth-order valence-electron chi connectivity index (χ4n) is 5.18. The Balaban J connectivity index is 1.41. The zero-order valence-electron chi connectivity index (χ0n) is 18.9. The third kappa shape index (κ3) is 4.55. The molecule has 7 nitrogen and oxygen atoms in total. The molecule has 2 fully saturated rings. The van der Waals surface area contributed by atoms with Gasteiger partial charge in [-0.3, -0.25) is 15.0 Å². The Kier molecular flexibility index (Phi) is 6.49. The molecule has 2 heterocycles. The number of nitrogens with one attached hydrogen (secondary N) is 2. The largest absolute Gasteiger partial charge is 0.350 e. The molecular weight excluding hydrogens is 390 g/mol. The number of amides is 2. The number of fused-ring (bicyclic) bond motifs is 3. The summed E-state index contributed by atoms with van der Waals surface area (Å²) in [6.45, 7) is 7.00. The number of amidine groups is 1. The average molecular weight is 426 g/mol. The van der Waals surface area contributed by atoms with Gasteiger partial charge in [0.25, 0.3) is 0 Å². The van der Waals surface area contributed by atoms with Crippen LogP contribution < -0.4 is 10.7 Å². The van der Waals surface area contributed by atoms with Gasteiger partial charge in [-0.05, 0) is 31.2 Å². The predicted octanol–water partition coefficient (Wildman–Crippen LogP) is 3.20. The minimum Gasteiger partial charge on any atom is -0.350 e. The highest BCUT2D eigenvalue weighted by molar-refractivity contribution is 5.91. The van der Waals surface area contributed by atoms with Crippen LogP contribution in [0.3, 0.4) is 0 Å². The van der Waals surface area contributed by atoms with E-state index in [9.17, 15) is 9.59 Å². The normalized spacial score (nSPS) is 26.1. The first-order valence-corrected chi connectivity index (χ1v) is 11.7. The fraction of sp³-hybridized carbons (Fsp3) is 0.625. The summed E-state index contributed by atoms with van der Waals surface area (Å²) in [6.07, 6.45) is 4.96. The van der Waals surface area contributed by atoms with E-state index < -0.39 is 0 Å². The lowest BCUT2D eigenvalue weighted by Crippen LogP contribution is -2.67. The molecule has 2 aliphatic heterocycles. The van der Waals surface area contributed by atoms with Crippen molar-refractivity contribution in [1.82, 2.24) is 20.5 Å². The third-order valence-corrected chi connectivity index (χ3v) is 6.67. The van der Waals surface area contributed by atoms with Crippen LogP contribution in [0.5, 0.6) is 0 Å². The fourth-order valence-corrected chi connectivity index (χ4v) is 5.18. The molecule has 0 spiro atoms. The Morgan fingerprint density at radius 1 is 1.19 bits per heavy atom. The maximum absolute atomic E-state index is 13.2. The summed E-state index contributed by atoms with van der Waals surface area (Å²) in [4.78, 5) is 30.1. The topological polar surface area (TPSA) is 77.0 Å². The minimum absolute atomic E-state index is 0.0230. The molecule has 4 rings (SSSR count). The molecule has 4 unspecified atom stereocenters. The van der Waals surface area contributed by atoms with Crippen LogP contribution >= 0.6 is 0 Å². The lowest BCUT2D eigenvalue weighted by Gasteiger charge is -2.51. The van der Waals surface area contributed by atoms with Crippen molar-refractivity contribution in [2.45, 2.75) is 77.7 Å². The highest BCUT2D eigenvalue weighted by Crippen LogP contribution is 2.38. The number of carbonyl (C=O) groups is 2. The monoisotopic (exact) mass is 425 g/mol. The first kappa shape index (κ1) is 21.7. The van der Waals surface area contributed by atoms with Crippen LogP contribution in [0.1, 0.15) is 70.9 Å². The highest BCUT2D eigenvalue weighted by Gasteiger charge is 2.50. The van der Waals surface area contributed by atoms with E-state index in [1.807, 2.05) is 42.2 Å². The van der Waals surface area contributed by atoms with E-state index in [-0.39, 0.29) is 36.1 Å². The van der Waals surface area contributed by atoms with E-state index in [0.717, 1.165) is 37.1 Å². The quantitative estimate of drug-likeness (QED) is 0.703. The first-order valence-electron chi connectivity index (χ1n) is 11.7. The number of hydrogen-bond acceptors (Lipinski definition) is 5. The van der Waals surface area contributed by atoms with Crippen molar-refractivity contribution in [3.05, 3.63) is 35.9 Å². The third-order valence-electron chi connectivity index (χ3n) is 6.67. The first-order chi connectivity index (χ1) is 15.0. The summed E-state index contributed by atoms with van der Waals surface area (Å²) in [6, 6.07) is 10.2. The lowest BCUT2D eigenvalue weighted by atomic mass is 9.80. The molecule has 0 radical (unpaired) electrons. The van der Waals surface area contributed by atoms with Crippen LogP contribution in [0.4, 0.5) is 0 Å². The Morgan fingerprint density at radius 2 is 1.94 bits per heavy atom. The van der Waals surface area contributed by atoms with E-state index >= 15 is 0 Å². The average Bonchev–Trinajstić information content (AvgIpc) is 3.19. The van der Waals surface area contributed by atoms with E-state index in [1.54, 1.807) is 0 Å². The van der Waals surface area contributed by atoms with Gasteiger partial charge >= 0.3 is 0 Å². The summed E-state index contributed by atoms with van der Waals surface area (Å²) in [5, 5.41) is 7.68. The van der Waals surface area contributed by atoms with Crippen LogP contribution in [0.2, 0.25) is 0 Å². The molecule has 1 aliphatic carbocycles. The standard InChI is InChI=1S/C24H35N5O2/c1-16(2)15-28-23(31)19-11-7-8-12-20(19)29-21(26-27-24(28)29)13-14-22(30)25-17(3)18-9-5-4-6-10-18/h4-6,9-10,16-17,19-20,24,27H,7-8,11-15H2,1-3H3,(H,25,30). The molecule has 7 heteroatoms. The molecule has 0 bridgehead atoms. The zero-order valence-corrected chi connectivity index (χ0v) is 18.9. The number of hydrogen-bond donors (Lipinski definition) is 2. The van der Waals surface area contributed by atoms with E-state index in [0.29, 0.717) is 25.3 Å². The number of hydrazone groups is 1. The Bertz CT molecular complexity index is 825. The number of benzene rings is 1. The molecule has 4 atom stereocenters. The summed E-state index contributed by atoms with van der Waals surface area (Å²) in [7, 11) is 0. The predicted molar refractivity (Wildman–Crippen MR) is 121 cm³/mol. The molecule has 168 valence electrons. The van der Waals surface area contributed by atoms with Gasteiger partial charge in [0, 0.05) is 25.4 Å². The van der Waals surface area contributed by atoms with Crippen molar-refractivity contribution in [3.8, 4) is 0 Å². The molecule has 3 aliphatic rings. The van der Waals surface area contributed by atoms with Crippen LogP contribution in [0, 0.1) is 11.8 Å². The maximum atomic E-state index is 13.2. The van der Waals surface area contributed by atoms with Crippen LogP contribution in [-0.2, 0) is 9.59 Å². The number of rotatable bonds is 7. The van der Waals surface area contributed by atoms with Crippen molar-refractivity contribution in [2.75, 3.05) is 6.54 Å². The second-order valence-corrected chi connectivity index (χ2v) is 9.48. The molecule has 2 N–H and O–H groups in total. The SMILES string of the molecule is CC(C)CN1C(=O)C2CCCCC2N2C(CCC(=O)NC(C)c3ccccc3)=NNC12. The molecule has 0 aromatic heterocycles.